The molecule has 12 heteroatoms. The molecule has 1 saturated heterocycles. The smallest absolute Gasteiger partial charge is 0.305 e. The van der Waals surface area contributed by atoms with Crippen molar-refractivity contribution in [3.05, 3.63) is 96.9 Å². The first-order valence-corrected chi connectivity index (χ1v) is 15.4. The predicted octanol–water partition coefficient (Wildman–Crippen LogP) is 5.33. The summed E-state index contributed by atoms with van der Waals surface area (Å²) in [5, 5.41) is 2.71. The van der Waals surface area contributed by atoms with Crippen LogP contribution in [0.1, 0.15) is 21.9 Å². The number of anilines is 2. The van der Waals surface area contributed by atoms with Crippen molar-refractivity contribution >= 4 is 68.1 Å². The molecule has 3 heterocycles. The number of rotatable bonds is 7. The number of carbonyl (C=O) groups is 3. The third kappa shape index (κ3) is 5.14. The van der Waals surface area contributed by atoms with E-state index in [1.54, 1.807) is 42.5 Å². The Morgan fingerprint density at radius 2 is 1.79 bits per heavy atom. The highest BCUT2D eigenvalue weighted by Gasteiger charge is 2.56. The highest BCUT2D eigenvalue weighted by Crippen LogP contribution is 2.53. The van der Waals surface area contributed by atoms with Gasteiger partial charge in [-0.3, -0.25) is 19.2 Å². The van der Waals surface area contributed by atoms with Crippen LogP contribution < -0.4 is 24.6 Å². The summed E-state index contributed by atoms with van der Waals surface area (Å²) in [7, 11) is 1.48. The molecule has 0 saturated carbocycles. The number of thiazole rings is 1. The summed E-state index contributed by atoms with van der Waals surface area (Å²) in [5.41, 5.74) is 2.81. The van der Waals surface area contributed by atoms with Gasteiger partial charge >= 0.3 is 4.87 Å². The van der Waals surface area contributed by atoms with Crippen LogP contribution in [0, 0.1) is 12.8 Å². The fraction of sp³-hybridized carbons (Fsp3) is 0.200. The fourth-order valence-electron chi connectivity index (χ4n) is 5.26. The number of thioether (sulfide) groups is 1. The second-order valence-electron chi connectivity index (χ2n) is 9.80. The number of fused-ring (bicyclic) bond motifs is 2. The van der Waals surface area contributed by atoms with Crippen molar-refractivity contribution < 1.29 is 23.9 Å². The van der Waals surface area contributed by atoms with Crippen LogP contribution in [0.2, 0.25) is 0 Å². The van der Waals surface area contributed by atoms with E-state index in [1.165, 1.54) is 23.8 Å². The molecule has 2 aliphatic heterocycles. The van der Waals surface area contributed by atoms with Crippen molar-refractivity contribution in [3.63, 3.8) is 0 Å². The molecule has 1 fully saturated rings. The van der Waals surface area contributed by atoms with Crippen LogP contribution in [-0.2, 0) is 14.4 Å². The van der Waals surface area contributed by atoms with Crippen LogP contribution in [0.25, 0.3) is 0 Å². The lowest BCUT2D eigenvalue weighted by Crippen LogP contribution is -2.32. The average molecular weight is 667 g/mol. The first-order chi connectivity index (χ1) is 20.2. The Morgan fingerprint density at radius 3 is 2.52 bits per heavy atom. The maximum absolute atomic E-state index is 13.9. The molecule has 3 aromatic carbocycles. The average Bonchev–Trinajstić information content (AvgIpc) is 3.47. The monoisotopic (exact) mass is 665 g/mol. The number of hydrogen-bond donors (Lipinski definition) is 2. The highest BCUT2D eigenvalue weighted by molar-refractivity contribution is 9.10. The minimum atomic E-state index is -0.735. The summed E-state index contributed by atoms with van der Waals surface area (Å²) < 4.78 is 12.2. The SMILES string of the molecule is COc1cc([C@H]2c3sc(=O)[nH]c3SC3C(=O)N(c4ccc(Br)cc4)C(=O)C32)ccc1OCC(=O)Nc1ccccc1C. The topological polar surface area (TPSA) is 118 Å². The number of ether oxygens (including phenoxy) is 2. The van der Waals surface area contributed by atoms with Gasteiger partial charge in [-0.1, -0.05) is 63.3 Å². The number of nitrogens with one attached hydrogen (secondary N) is 2. The number of aryl methyl sites for hydroxylation is 1. The number of nitrogens with zero attached hydrogens (tertiary/aromatic N) is 1. The Kier molecular flexibility index (Phi) is 7.69. The van der Waals surface area contributed by atoms with Gasteiger partial charge in [0.05, 0.1) is 23.7 Å². The van der Waals surface area contributed by atoms with Crippen LogP contribution in [-0.4, -0.2) is 41.7 Å². The molecule has 4 aromatic rings. The standard InChI is InChI=1S/C30H24BrN3O6S2/c1-15-5-3-4-6-19(15)32-22(35)14-40-20-12-7-16(13-21(20)39-2)23-24-26(41-27-25(23)42-30(38)33-27)29(37)34(28(24)36)18-10-8-17(31)9-11-18/h3-13,23-24,26H,14H2,1-2H3,(H,32,35)(H,33,38)/t23-,24?,26?/m1/s1. The van der Waals surface area contributed by atoms with E-state index in [0.29, 0.717) is 38.3 Å². The maximum atomic E-state index is 13.9. The van der Waals surface area contributed by atoms with Gasteiger partial charge in [-0.15, -0.1) is 0 Å². The molecule has 2 unspecified atom stereocenters. The Bertz CT molecular complexity index is 1770. The molecule has 2 N–H and O–H groups in total. The minimum absolute atomic E-state index is 0.243. The van der Waals surface area contributed by atoms with E-state index < -0.39 is 17.1 Å². The van der Waals surface area contributed by atoms with Crippen molar-refractivity contribution in [3.8, 4) is 11.5 Å². The second-order valence-corrected chi connectivity index (χ2v) is 12.9. The third-order valence-electron chi connectivity index (χ3n) is 7.23. The molecule has 3 atom stereocenters. The fourth-order valence-corrected chi connectivity index (χ4v) is 8.04. The number of para-hydroxylation sites is 1. The molecule has 1 aromatic heterocycles. The van der Waals surface area contributed by atoms with Gasteiger partial charge in [0.2, 0.25) is 11.8 Å². The van der Waals surface area contributed by atoms with Crippen molar-refractivity contribution in [2.24, 2.45) is 5.92 Å². The normalized spacial score (nSPS) is 19.3. The molecular formula is C30H24BrN3O6S2. The molecule has 0 radical (unpaired) electrons. The first-order valence-electron chi connectivity index (χ1n) is 12.9. The van der Waals surface area contributed by atoms with Crippen LogP contribution >= 0.6 is 39.0 Å². The molecule has 2 aliphatic rings. The number of imide groups is 1. The van der Waals surface area contributed by atoms with Crippen molar-refractivity contribution in [2.45, 2.75) is 23.1 Å². The Balaban J connectivity index is 1.30. The summed E-state index contributed by atoms with van der Waals surface area (Å²) >= 11 is 5.65. The number of aromatic amines is 1. The van der Waals surface area contributed by atoms with Gasteiger partial charge < -0.3 is 19.8 Å². The van der Waals surface area contributed by atoms with E-state index in [0.717, 1.165) is 21.4 Å². The van der Waals surface area contributed by atoms with Crippen LogP contribution in [0.3, 0.4) is 0 Å². The van der Waals surface area contributed by atoms with Crippen LogP contribution in [0.4, 0.5) is 11.4 Å². The highest BCUT2D eigenvalue weighted by atomic mass is 79.9. The van der Waals surface area contributed by atoms with Gasteiger partial charge in [-0.2, -0.15) is 0 Å². The Hall–Kier alpha value is -3.87. The third-order valence-corrected chi connectivity index (χ3v) is 10.2. The number of benzene rings is 3. The van der Waals surface area contributed by atoms with Crippen molar-refractivity contribution in [1.29, 1.82) is 0 Å². The van der Waals surface area contributed by atoms with Gasteiger partial charge in [0.15, 0.2) is 18.1 Å². The Morgan fingerprint density at radius 1 is 1.02 bits per heavy atom. The lowest BCUT2D eigenvalue weighted by atomic mass is 9.83. The molecule has 0 bridgehead atoms. The summed E-state index contributed by atoms with van der Waals surface area (Å²) in [6.07, 6.45) is 0. The zero-order valence-corrected chi connectivity index (χ0v) is 25.6. The number of carbonyl (C=O) groups excluding carboxylic acids is 3. The lowest BCUT2D eigenvalue weighted by molar-refractivity contribution is -0.122. The van der Waals surface area contributed by atoms with Gasteiger partial charge in [0, 0.05) is 21.0 Å². The summed E-state index contributed by atoms with van der Waals surface area (Å²) in [6.45, 7) is 1.66. The molecule has 0 spiro atoms. The zero-order chi connectivity index (χ0) is 29.5. The number of amides is 3. The van der Waals surface area contributed by atoms with E-state index >= 15 is 0 Å². The quantitative estimate of drug-likeness (QED) is 0.256. The predicted molar refractivity (Wildman–Crippen MR) is 165 cm³/mol. The summed E-state index contributed by atoms with van der Waals surface area (Å²) in [4.78, 5) is 57.0. The zero-order valence-electron chi connectivity index (χ0n) is 22.4. The number of methoxy groups -OCH3 is 1. The molecule has 6 rings (SSSR count). The molecule has 3 amide bonds. The van der Waals surface area contributed by atoms with E-state index in [1.807, 2.05) is 31.2 Å². The van der Waals surface area contributed by atoms with E-state index in [2.05, 4.69) is 26.2 Å². The second kappa shape index (κ2) is 11.4. The number of hydrogen-bond acceptors (Lipinski definition) is 8. The first kappa shape index (κ1) is 28.3. The molecule has 9 nitrogen and oxygen atoms in total. The maximum Gasteiger partial charge on any atom is 0.305 e. The minimum Gasteiger partial charge on any atom is -0.493 e. The molecule has 214 valence electrons. The molecular weight excluding hydrogens is 642 g/mol. The van der Waals surface area contributed by atoms with Gasteiger partial charge in [0.25, 0.3) is 5.91 Å². The largest absolute Gasteiger partial charge is 0.493 e. The number of H-pyrrole nitrogens is 1. The summed E-state index contributed by atoms with van der Waals surface area (Å²) in [5.74, 6) is -1.59. The van der Waals surface area contributed by atoms with Crippen LogP contribution in [0.5, 0.6) is 11.5 Å². The van der Waals surface area contributed by atoms with Gasteiger partial charge in [-0.25, -0.2) is 4.90 Å². The van der Waals surface area contributed by atoms with Gasteiger partial charge in [0.1, 0.15) is 5.25 Å². The van der Waals surface area contributed by atoms with E-state index in [9.17, 15) is 19.2 Å². The summed E-state index contributed by atoms with van der Waals surface area (Å²) in [6, 6.07) is 19.6. The van der Waals surface area contributed by atoms with E-state index in [4.69, 9.17) is 9.47 Å². The Labute approximate surface area is 257 Å². The lowest BCUT2D eigenvalue weighted by Gasteiger charge is -2.30. The molecule has 0 aliphatic carbocycles. The number of aromatic nitrogens is 1. The molecule has 42 heavy (non-hydrogen) atoms. The van der Waals surface area contributed by atoms with Crippen molar-refractivity contribution in [1.82, 2.24) is 4.98 Å². The van der Waals surface area contributed by atoms with Crippen molar-refractivity contribution in [2.75, 3.05) is 23.9 Å². The van der Waals surface area contributed by atoms with E-state index in [-0.39, 0.29) is 29.2 Å². The number of halogens is 1. The van der Waals surface area contributed by atoms with Crippen LogP contribution in [0.15, 0.2) is 81.0 Å². The van der Waals surface area contributed by atoms with Gasteiger partial charge in [-0.05, 0) is 60.5 Å².